The van der Waals surface area contributed by atoms with Crippen LogP contribution in [0.25, 0.3) is 0 Å². The van der Waals surface area contributed by atoms with Crippen LogP contribution in [0.5, 0.6) is 5.75 Å². The fraction of sp³-hybridized carbons (Fsp3) is 0.467. The first kappa shape index (κ1) is 16.2. The molecule has 120 valence electrons. The van der Waals surface area contributed by atoms with Crippen LogP contribution in [0.1, 0.15) is 25.7 Å². The number of hydrogen-bond acceptors (Lipinski definition) is 3. The average molecular weight is 313 g/mol. The molecule has 0 atom stereocenters. The first-order chi connectivity index (χ1) is 10.4. The lowest BCUT2D eigenvalue weighted by Gasteiger charge is -2.25. The van der Waals surface area contributed by atoms with Gasteiger partial charge in [-0.15, -0.1) is 0 Å². The molecule has 0 heterocycles. The summed E-state index contributed by atoms with van der Waals surface area (Å²) >= 11 is 0. The molecule has 1 saturated carbocycles. The van der Waals surface area contributed by atoms with Crippen LogP contribution in [0, 0.1) is 23.5 Å². The van der Waals surface area contributed by atoms with Crippen molar-refractivity contribution in [3.8, 4) is 5.75 Å². The van der Waals surface area contributed by atoms with Gasteiger partial charge in [-0.2, -0.15) is 0 Å². The zero-order valence-corrected chi connectivity index (χ0v) is 12.1. The molecule has 0 spiro atoms. The highest BCUT2D eigenvalue weighted by atomic mass is 19.1. The zero-order valence-electron chi connectivity index (χ0n) is 12.1. The minimum absolute atomic E-state index is 0.0150. The third kappa shape index (κ3) is 3.52. The molecule has 0 aromatic heterocycles. The number of amides is 1. The first-order valence-corrected chi connectivity index (χ1v) is 6.99. The Balaban J connectivity index is 2.00. The second-order valence-corrected chi connectivity index (χ2v) is 5.35. The molecule has 1 aliphatic rings. The lowest BCUT2D eigenvalue weighted by atomic mass is 9.81. The van der Waals surface area contributed by atoms with E-state index in [0.717, 1.165) is 19.2 Å². The summed E-state index contributed by atoms with van der Waals surface area (Å²) in [4.78, 5) is 22.9. The highest BCUT2D eigenvalue weighted by Crippen LogP contribution is 2.31. The summed E-state index contributed by atoms with van der Waals surface area (Å²) in [5.74, 6) is -4.26. The number of methoxy groups -OCH3 is 1. The van der Waals surface area contributed by atoms with Gasteiger partial charge in [0.25, 0.3) is 0 Å². The fourth-order valence-corrected chi connectivity index (χ4v) is 2.67. The summed E-state index contributed by atoms with van der Waals surface area (Å²) in [5.41, 5.74) is 0.0150. The molecule has 0 unspecified atom stereocenters. The molecule has 2 N–H and O–H groups in total. The highest BCUT2D eigenvalue weighted by Gasteiger charge is 2.29. The van der Waals surface area contributed by atoms with E-state index in [0.29, 0.717) is 25.7 Å². The second kappa shape index (κ2) is 6.72. The predicted octanol–water partition coefficient (Wildman–Crippen LogP) is 2.80. The molecule has 0 radical (unpaired) electrons. The SMILES string of the molecule is COc1c(F)cc(NC(=O)C2CCC(C(=O)O)CC2)cc1F. The number of ether oxygens (including phenoxy) is 1. The van der Waals surface area contributed by atoms with Gasteiger partial charge in [0, 0.05) is 23.7 Å². The standard InChI is InChI=1S/C15H17F2NO4/c1-22-13-11(16)6-10(7-12(13)17)18-14(19)8-2-4-9(5-3-8)15(20)21/h6-9H,2-5H2,1H3,(H,18,19)(H,20,21). The Hall–Kier alpha value is -2.18. The smallest absolute Gasteiger partial charge is 0.306 e. The van der Waals surface area contributed by atoms with E-state index in [9.17, 15) is 18.4 Å². The van der Waals surface area contributed by atoms with E-state index in [1.54, 1.807) is 0 Å². The van der Waals surface area contributed by atoms with Gasteiger partial charge in [-0.25, -0.2) is 8.78 Å². The molecule has 0 saturated heterocycles. The van der Waals surface area contributed by atoms with E-state index in [-0.39, 0.29) is 17.5 Å². The number of benzene rings is 1. The summed E-state index contributed by atoms with van der Waals surface area (Å²) in [5, 5.41) is 11.4. The van der Waals surface area contributed by atoms with E-state index in [4.69, 9.17) is 5.11 Å². The lowest BCUT2D eigenvalue weighted by molar-refractivity contribution is -0.143. The lowest BCUT2D eigenvalue weighted by Crippen LogP contribution is -2.29. The summed E-state index contributed by atoms with van der Waals surface area (Å²) in [7, 11) is 1.15. The van der Waals surface area contributed by atoms with Gasteiger partial charge >= 0.3 is 5.97 Å². The van der Waals surface area contributed by atoms with Gasteiger partial charge in [0.2, 0.25) is 5.91 Å². The van der Waals surface area contributed by atoms with Crippen LogP contribution in [0.2, 0.25) is 0 Å². The van der Waals surface area contributed by atoms with Gasteiger partial charge in [-0.3, -0.25) is 9.59 Å². The van der Waals surface area contributed by atoms with E-state index in [1.165, 1.54) is 0 Å². The van der Waals surface area contributed by atoms with Crippen molar-refractivity contribution in [1.29, 1.82) is 0 Å². The molecule has 0 aliphatic heterocycles. The van der Waals surface area contributed by atoms with Crippen molar-refractivity contribution in [3.05, 3.63) is 23.8 Å². The third-order valence-electron chi connectivity index (χ3n) is 3.92. The number of carbonyl (C=O) groups is 2. The number of halogens is 2. The third-order valence-corrected chi connectivity index (χ3v) is 3.92. The Labute approximate surface area is 126 Å². The van der Waals surface area contributed by atoms with Crippen molar-refractivity contribution in [2.24, 2.45) is 11.8 Å². The topological polar surface area (TPSA) is 75.6 Å². The quantitative estimate of drug-likeness (QED) is 0.896. The van der Waals surface area contributed by atoms with Crippen LogP contribution < -0.4 is 10.1 Å². The van der Waals surface area contributed by atoms with Crippen molar-refractivity contribution in [2.75, 3.05) is 12.4 Å². The molecule has 1 fully saturated rings. The monoisotopic (exact) mass is 313 g/mol. The summed E-state index contributed by atoms with van der Waals surface area (Å²) in [6.07, 6.45) is 1.76. The summed E-state index contributed by atoms with van der Waals surface area (Å²) in [6.45, 7) is 0. The van der Waals surface area contributed by atoms with Crippen molar-refractivity contribution < 1.29 is 28.2 Å². The first-order valence-electron chi connectivity index (χ1n) is 6.99. The predicted molar refractivity (Wildman–Crippen MR) is 74.6 cm³/mol. The number of aliphatic carboxylic acids is 1. The largest absolute Gasteiger partial charge is 0.491 e. The summed E-state index contributed by atoms with van der Waals surface area (Å²) in [6, 6.07) is 1.98. The minimum atomic E-state index is -0.896. The number of anilines is 1. The van der Waals surface area contributed by atoms with Crippen molar-refractivity contribution in [3.63, 3.8) is 0 Å². The van der Waals surface area contributed by atoms with Gasteiger partial charge in [-0.05, 0) is 25.7 Å². The molecule has 0 bridgehead atoms. The maximum atomic E-state index is 13.6. The maximum Gasteiger partial charge on any atom is 0.306 e. The number of hydrogen-bond donors (Lipinski definition) is 2. The molecule has 1 aliphatic carbocycles. The molecular formula is C15H17F2NO4. The van der Waals surface area contributed by atoms with Gasteiger partial charge in [0.1, 0.15) is 0 Å². The average Bonchev–Trinajstić information content (AvgIpc) is 2.47. The molecule has 1 aromatic carbocycles. The Bertz CT molecular complexity index is 560. The molecule has 22 heavy (non-hydrogen) atoms. The van der Waals surface area contributed by atoms with Gasteiger partial charge in [-0.1, -0.05) is 0 Å². The maximum absolute atomic E-state index is 13.6. The Morgan fingerprint density at radius 2 is 1.64 bits per heavy atom. The molecule has 1 amide bonds. The molecule has 7 heteroatoms. The number of carboxylic acid groups (broad SMARTS) is 1. The number of rotatable bonds is 4. The Morgan fingerprint density at radius 1 is 1.14 bits per heavy atom. The molecule has 1 aromatic rings. The van der Waals surface area contributed by atoms with E-state index in [1.807, 2.05) is 0 Å². The van der Waals surface area contributed by atoms with E-state index in [2.05, 4.69) is 10.1 Å². The van der Waals surface area contributed by atoms with Crippen LogP contribution in [0.3, 0.4) is 0 Å². The van der Waals surface area contributed by atoms with E-state index < -0.39 is 29.3 Å². The second-order valence-electron chi connectivity index (χ2n) is 5.35. The Morgan fingerprint density at radius 3 is 2.09 bits per heavy atom. The van der Waals surface area contributed by atoms with Crippen LogP contribution >= 0.6 is 0 Å². The zero-order chi connectivity index (χ0) is 16.3. The van der Waals surface area contributed by atoms with E-state index >= 15 is 0 Å². The van der Waals surface area contributed by atoms with Gasteiger partial charge < -0.3 is 15.2 Å². The minimum Gasteiger partial charge on any atom is -0.491 e. The molecule has 5 nitrogen and oxygen atoms in total. The Kier molecular flexibility index (Phi) is 4.95. The molecular weight excluding hydrogens is 296 g/mol. The number of carbonyl (C=O) groups excluding carboxylic acids is 1. The number of carboxylic acids is 1. The van der Waals surface area contributed by atoms with Crippen LogP contribution in [0.4, 0.5) is 14.5 Å². The van der Waals surface area contributed by atoms with Crippen LogP contribution in [0.15, 0.2) is 12.1 Å². The van der Waals surface area contributed by atoms with Crippen molar-refractivity contribution >= 4 is 17.6 Å². The normalized spacial score (nSPS) is 21.2. The molecule has 2 rings (SSSR count). The van der Waals surface area contributed by atoms with Crippen LogP contribution in [-0.4, -0.2) is 24.1 Å². The van der Waals surface area contributed by atoms with Gasteiger partial charge in [0.05, 0.1) is 13.0 Å². The van der Waals surface area contributed by atoms with Gasteiger partial charge in [0.15, 0.2) is 17.4 Å². The fourth-order valence-electron chi connectivity index (χ4n) is 2.67. The highest BCUT2D eigenvalue weighted by molar-refractivity contribution is 5.92. The summed E-state index contributed by atoms with van der Waals surface area (Å²) < 4.78 is 31.7. The van der Waals surface area contributed by atoms with Crippen molar-refractivity contribution in [1.82, 2.24) is 0 Å². The number of nitrogens with one attached hydrogen (secondary N) is 1. The van der Waals surface area contributed by atoms with Crippen molar-refractivity contribution in [2.45, 2.75) is 25.7 Å². The van der Waals surface area contributed by atoms with Crippen LogP contribution in [-0.2, 0) is 9.59 Å².